The van der Waals surface area contributed by atoms with Crippen molar-refractivity contribution in [3.63, 3.8) is 0 Å². The molecule has 1 saturated heterocycles. The lowest BCUT2D eigenvalue weighted by Crippen LogP contribution is -2.13. The van der Waals surface area contributed by atoms with Gasteiger partial charge in [0.1, 0.15) is 0 Å². The molecule has 1 atom stereocenters. The number of nitrogens with zero attached hydrogens (tertiary/aromatic N) is 1. The van der Waals surface area contributed by atoms with Gasteiger partial charge in [-0.2, -0.15) is 0 Å². The molecule has 0 aromatic heterocycles. The predicted octanol–water partition coefficient (Wildman–Crippen LogP) is 3.02. The van der Waals surface area contributed by atoms with E-state index in [0.29, 0.717) is 6.04 Å². The summed E-state index contributed by atoms with van der Waals surface area (Å²) in [6, 6.07) is 9.44. The van der Waals surface area contributed by atoms with Crippen LogP contribution in [-0.2, 0) is 0 Å². The van der Waals surface area contributed by atoms with E-state index >= 15 is 0 Å². The van der Waals surface area contributed by atoms with Crippen LogP contribution in [0.25, 0.3) is 0 Å². The number of benzene rings is 1. The van der Waals surface area contributed by atoms with Crippen molar-refractivity contribution >= 4 is 30.5 Å². The molecule has 0 radical (unpaired) electrons. The van der Waals surface area contributed by atoms with Crippen LogP contribution in [0.5, 0.6) is 0 Å². The molecule has 1 fully saturated rings. The molecule has 1 heterocycles. The fraction of sp³-hybridized carbons (Fsp3) is 0.500. The first kappa shape index (κ1) is 15.6. The summed E-state index contributed by atoms with van der Waals surface area (Å²) in [5.41, 5.74) is 2.69. The number of nitrogens with one attached hydrogen (secondary N) is 1. The minimum absolute atomic E-state index is 0. The molecule has 1 aliphatic heterocycles. The Balaban J connectivity index is 0.00000112. The van der Waals surface area contributed by atoms with E-state index < -0.39 is 0 Å². The highest BCUT2D eigenvalue weighted by atomic mass is 35.5. The minimum atomic E-state index is 0. The third kappa shape index (κ3) is 3.55. The highest BCUT2D eigenvalue weighted by molar-refractivity contribution is 5.85. The van der Waals surface area contributed by atoms with Crippen molar-refractivity contribution in [2.24, 2.45) is 0 Å². The van der Waals surface area contributed by atoms with E-state index in [1.54, 1.807) is 0 Å². The molecule has 16 heavy (non-hydrogen) atoms. The summed E-state index contributed by atoms with van der Waals surface area (Å²) < 4.78 is 0. The molecule has 2 nitrogen and oxygen atoms in total. The zero-order valence-electron chi connectivity index (χ0n) is 9.77. The van der Waals surface area contributed by atoms with E-state index in [1.165, 1.54) is 30.6 Å². The average Bonchev–Trinajstić information content (AvgIpc) is 2.71. The topological polar surface area (TPSA) is 15.3 Å². The number of hydrogen-bond acceptors (Lipinski definition) is 2. The third-order valence-electron chi connectivity index (χ3n) is 2.87. The first-order valence-corrected chi connectivity index (χ1v) is 5.28. The standard InChI is InChI=1S/C12H18N2.2ClH/c1-14(2)11-7-5-10(6-8-11)12-4-3-9-13-12;;/h5-8,12-13H,3-4,9H2,1-2H3;2*1H/t12-;;/m0../s1. The summed E-state index contributed by atoms with van der Waals surface area (Å²) in [6.07, 6.45) is 2.58. The monoisotopic (exact) mass is 262 g/mol. The van der Waals surface area contributed by atoms with Crippen molar-refractivity contribution in [3.05, 3.63) is 29.8 Å². The van der Waals surface area contributed by atoms with Gasteiger partial charge in [-0.1, -0.05) is 12.1 Å². The van der Waals surface area contributed by atoms with Gasteiger partial charge in [0.2, 0.25) is 0 Å². The lowest BCUT2D eigenvalue weighted by atomic mass is 10.1. The van der Waals surface area contributed by atoms with Crippen LogP contribution in [0.3, 0.4) is 0 Å². The number of hydrogen-bond donors (Lipinski definition) is 1. The van der Waals surface area contributed by atoms with Crippen molar-refractivity contribution in [1.29, 1.82) is 0 Å². The van der Waals surface area contributed by atoms with E-state index in [9.17, 15) is 0 Å². The second kappa shape index (κ2) is 7.00. The molecule has 1 aliphatic rings. The number of rotatable bonds is 2. The second-order valence-corrected chi connectivity index (χ2v) is 4.13. The Kier molecular flexibility index (Phi) is 6.81. The Bertz CT molecular complexity index is 292. The van der Waals surface area contributed by atoms with Gasteiger partial charge < -0.3 is 10.2 Å². The highest BCUT2D eigenvalue weighted by Crippen LogP contribution is 2.24. The van der Waals surface area contributed by atoms with Crippen LogP contribution < -0.4 is 10.2 Å². The molecule has 0 amide bonds. The molecule has 0 unspecified atom stereocenters. The molecule has 0 spiro atoms. The fourth-order valence-electron chi connectivity index (χ4n) is 1.97. The van der Waals surface area contributed by atoms with Crippen molar-refractivity contribution in [3.8, 4) is 0 Å². The minimum Gasteiger partial charge on any atom is -0.378 e. The molecule has 0 saturated carbocycles. The summed E-state index contributed by atoms with van der Waals surface area (Å²) in [5.74, 6) is 0. The van der Waals surface area contributed by atoms with Crippen LogP contribution in [0, 0.1) is 0 Å². The molecule has 1 N–H and O–H groups in total. The van der Waals surface area contributed by atoms with Crippen molar-refractivity contribution < 1.29 is 0 Å². The summed E-state index contributed by atoms with van der Waals surface area (Å²) in [7, 11) is 4.14. The Labute approximate surface area is 110 Å². The van der Waals surface area contributed by atoms with Gasteiger partial charge in [-0.15, -0.1) is 24.8 Å². The first-order valence-electron chi connectivity index (χ1n) is 5.28. The molecule has 0 aliphatic carbocycles. The zero-order chi connectivity index (χ0) is 9.97. The Morgan fingerprint density at radius 3 is 2.19 bits per heavy atom. The van der Waals surface area contributed by atoms with Crippen LogP contribution in [0.2, 0.25) is 0 Å². The van der Waals surface area contributed by atoms with E-state index in [1.807, 2.05) is 0 Å². The molecule has 2 rings (SSSR count). The van der Waals surface area contributed by atoms with Crippen molar-refractivity contribution in [1.82, 2.24) is 5.32 Å². The maximum atomic E-state index is 3.51. The lowest BCUT2D eigenvalue weighted by Gasteiger charge is -2.15. The maximum absolute atomic E-state index is 3.51. The Hall–Kier alpha value is -0.440. The van der Waals surface area contributed by atoms with E-state index in [4.69, 9.17) is 0 Å². The molecule has 1 aromatic rings. The summed E-state index contributed by atoms with van der Waals surface area (Å²) in [6.45, 7) is 1.17. The first-order chi connectivity index (χ1) is 6.77. The van der Waals surface area contributed by atoms with Crippen LogP contribution in [0.1, 0.15) is 24.4 Å². The van der Waals surface area contributed by atoms with Gasteiger partial charge in [-0.05, 0) is 37.1 Å². The van der Waals surface area contributed by atoms with Crippen molar-refractivity contribution in [2.75, 3.05) is 25.5 Å². The van der Waals surface area contributed by atoms with Gasteiger partial charge in [0.25, 0.3) is 0 Å². The third-order valence-corrected chi connectivity index (χ3v) is 2.87. The molecular weight excluding hydrogens is 243 g/mol. The van der Waals surface area contributed by atoms with E-state index in [0.717, 1.165) is 0 Å². The Morgan fingerprint density at radius 2 is 1.75 bits per heavy atom. The van der Waals surface area contributed by atoms with Crippen LogP contribution in [0.4, 0.5) is 5.69 Å². The molecular formula is C12H20Cl2N2. The van der Waals surface area contributed by atoms with Crippen molar-refractivity contribution in [2.45, 2.75) is 18.9 Å². The van der Waals surface area contributed by atoms with Gasteiger partial charge >= 0.3 is 0 Å². The highest BCUT2D eigenvalue weighted by Gasteiger charge is 2.15. The number of anilines is 1. The second-order valence-electron chi connectivity index (χ2n) is 4.13. The van der Waals surface area contributed by atoms with Crippen LogP contribution in [0.15, 0.2) is 24.3 Å². The average molecular weight is 263 g/mol. The maximum Gasteiger partial charge on any atom is 0.0361 e. The van der Waals surface area contributed by atoms with Crippen LogP contribution >= 0.6 is 24.8 Å². The normalized spacial score (nSPS) is 18.5. The summed E-state index contributed by atoms with van der Waals surface area (Å²) in [4.78, 5) is 2.13. The zero-order valence-corrected chi connectivity index (χ0v) is 11.4. The summed E-state index contributed by atoms with van der Waals surface area (Å²) in [5, 5.41) is 3.51. The van der Waals surface area contributed by atoms with Gasteiger partial charge in [0.15, 0.2) is 0 Å². The van der Waals surface area contributed by atoms with Gasteiger partial charge in [0, 0.05) is 25.8 Å². The fourth-order valence-corrected chi connectivity index (χ4v) is 1.97. The van der Waals surface area contributed by atoms with E-state index in [-0.39, 0.29) is 24.8 Å². The van der Waals surface area contributed by atoms with Gasteiger partial charge in [-0.25, -0.2) is 0 Å². The Morgan fingerprint density at radius 1 is 1.12 bits per heavy atom. The van der Waals surface area contributed by atoms with Gasteiger partial charge in [-0.3, -0.25) is 0 Å². The van der Waals surface area contributed by atoms with E-state index in [2.05, 4.69) is 48.6 Å². The number of halogens is 2. The van der Waals surface area contributed by atoms with Gasteiger partial charge in [0.05, 0.1) is 0 Å². The molecule has 92 valence electrons. The lowest BCUT2D eigenvalue weighted by molar-refractivity contribution is 0.648. The smallest absolute Gasteiger partial charge is 0.0361 e. The predicted molar refractivity (Wildman–Crippen MR) is 75.2 cm³/mol. The summed E-state index contributed by atoms with van der Waals surface area (Å²) >= 11 is 0. The molecule has 1 aromatic carbocycles. The van der Waals surface area contributed by atoms with Crippen LogP contribution in [-0.4, -0.2) is 20.6 Å². The SMILES string of the molecule is CN(C)c1ccc([C@@H]2CCCN2)cc1.Cl.Cl. The molecule has 4 heteroatoms. The molecule has 0 bridgehead atoms. The quantitative estimate of drug-likeness (QED) is 0.882. The largest absolute Gasteiger partial charge is 0.378 e.